The minimum Gasteiger partial charge on any atom is -0.493 e. The van der Waals surface area contributed by atoms with Gasteiger partial charge in [0.1, 0.15) is 6.33 Å². The number of hydrogen-bond acceptors (Lipinski definition) is 5. The molecule has 0 aliphatic heterocycles. The number of aromatic nitrogens is 3. The van der Waals surface area contributed by atoms with Crippen molar-refractivity contribution in [1.29, 1.82) is 0 Å². The van der Waals surface area contributed by atoms with Crippen LogP contribution < -0.4 is 14.8 Å². The molecule has 0 fully saturated rings. The van der Waals surface area contributed by atoms with Gasteiger partial charge in [0.15, 0.2) is 17.3 Å². The number of rotatable bonds is 6. The Balaban J connectivity index is 2.02. The summed E-state index contributed by atoms with van der Waals surface area (Å²) in [5.74, 6) is 2.18. The van der Waals surface area contributed by atoms with E-state index in [1.54, 1.807) is 25.2 Å². The molecule has 1 aromatic heterocycles. The molecule has 7 heteroatoms. The van der Waals surface area contributed by atoms with Gasteiger partial charge in [-0.3, -0.25) is 4.68 Å². The Morgan fingerprint density at radius 1 is 1.20 bits per heavy atom. The Morgan fingerprint density at radius 3 is 2.50 bits per heavy atom. The van der Waals surface area contributed by atoms with Crippen LogP contribution in [0.3, 0.4) is 0 Å². The summed E-state index contributed by atoms with van der Waals surface area (Å²) in [6.07, 6.45) is 1.68. The zero-order chi connectivity index (χ0) is 14.5. The fourth-order valence-corrected chi connectivity index (χ4v) is 2.27. The van der Waals surface area contributed by atoms with Crippen LogP contribution in [0, 0.1) is 0 Å². The standard InChI is InChI=1S/C13H17BrN4O2/c1-18-8-16-13(17-18)7-15-6-9-4-11(19-2)12(20-3)5-10(9)14/h4-5,8,15H,6-7H2,1-3H3. The quantitative estimate of drug-likeness (QED) is 0.869. The number of methoxy groups -OCH3 is 2. The average molecular weight is 341 g/mol. The van der Waals surface area contributed by atoms with Gasteiger partial charge in [0.25, 0.3) is 0 Å². The summed E-state index contributed by atoms with van der Waals surface area (Å²) in [7, 11) is 5.09. The first kappa shape index (κ1) is 14.8. The average Bonchev–Trinajstić information content (AvgIpc) is 2.85. The van der Waals surface area contributed by atoms with E-state index in [1.165, 1.54) is 0 Å². The lowest BCUT2D eigenvalue weighted by molar-refractivity contribution is 0.354. The second-order valence-electron chi connectivity index (χ2n) is 4.24. The Labute approximate surface area is 126 Å². The van der Waals surface area contributed by atoms with Gasteiger partial charge in [-0.25, -0.2) is 4.98 Å². The monoisotopic (exact) mass is 340 g/mol. The molecule has 2 rings (SSSR count). The molecule has 0 spiro atoms. The van der Waals surface area contributed by atoms with Gasteiger partial charge in [-0.15, -0.1) is 0 Å². The maximum absolute atomic E-state index is 5.30. The second kappa shape index (κ2) is 6.71. The Kier molecular flexibility index (Phi) is 4.97. The summed E-state index contributed by atoms with van der Waals surface area (Å²) in [6, 6.07) is 3.84. The van der Waals surface area contributed by atoms with E-state index < -0.39 is 0 Å². The normalized spacial score (nSPS) is 10.6. The highest BCUT2D eigenvalue weighted by Crippen LogP contribution is 2.33. The van der Waals surface area contributed by atoms with Crippen LogP contribution in [0.4, 0.5) is 0 Å². The molecule has 0 aliphatic carbocycles. The fourth-order valence-electron chi connectivity index (χ4n) is 1.81. The third kappa shape index (κ3) is 3.49. The second-order valence-corrected chi connectivity index (χ2v) is 5.09. The highest BCUT2D eigenvalue weighted by molar-refractivity contribution is 9.10. The van der Waals surface area contributed by atoms with Crippen molar-refractivity contribution in [1.82, 2.24) is 20.1 Å². The van der Waals surface area contributed by atoms with Crippen LogP contribution in [0.5, 0.6) is 11.5 Å². The van der Waals surface area contributed by atoms with E-state index in [4.69, 9.17) is 9.47 Å². The number of hydrogen-bond donors (Lipinski definition) is 1. The molecular formula is C13H17BrN4O2. The highest BCUT2D eigenvalue weighted by atomic mass is 79.9. The smallest absolute Gasteiger partial charge is 0.164 e. The van der Waals surface area contributed by atoms with Gasteiger partial charge in [-0.2, -0.15) is 5.10 Å². The number of nitrogens with zero attached hydrogens (tertiary/aromatic N) is 3. The van der Waals surface area contributed by atoms with E-state index >= 15 is 0 Å². The SMILES string of the molecule is COc1cc(Br)c(CNCc2ncn(C)n2)cc1OC. The van der Waals surface area contributed by atoms with Crippen LogP contribution >= 0.6 is 15.9 Å². The van der Waals surface area contributed by atoms with Gasteiger partial charge in [-0.05, 0) is 17.7 Å². The first-order valence-electron chi connectivity index (χ1n) is 6.09. The lowest BCUT2D eigenvalue weighted by atomic mass is 10.2. The lowest BCUT2D eigenvalue weighted by Crippen LogP contribution is -2.14. The molecule has 20 heavy (non-hydrogen) atoms. The van der Waals surface area contributed by atoms with Crippen molar-refractivity contribution >= 4 is 15.9 Å². The van der Waals surface area contributed by atoms with Gasteiger partial charge >= 0.3 is 0 Å². The van der Waals surface area contributed by atoms with E-state index in [9.17, 15) is 0 Å². The fraction of sp³-hybridized carbons (Fsp3) is 0.385. The van der Waals surface area contributed by atoms with Gasteiger partial charge < -0.3 is 14.8 Å². The molecule has 1 N–H and O–H groups in total. The molecule has 0 unspecified atom stereocenters. The molecule has 6 nitrogen and oxygen atoms in total. The molecule has 0 aliphatic rings. The highest BCUT2D eigenvalue weighted by Gasteiger charge is 2.09. The first-order valence-corrected chi connectivity index (χ1v) is 6.89. The topological polar surface area (TPSA) is 61.2 Å². The van der Waals surface area contributed by atoms with Crippen LogP contribution in [0.15, 0.2) is 22.9 Å². The van der Waals surface area contributed by atoms with Crippen LogP contribution in [-0.2, 0) is 20.1 Å². The van der Waals surface area contributed by atoms with Crippen molar-refractivity contribution < 1.29 is 9.47 Å². The first-order chi connectivity index (χ1) is 9.63. The van der Waals surface area contributed by atoms with Crippen LogP contribution in [0.25, 0.3) is 0 Å². The zero-order valence-electron chi connectivity index (χ0n) is 11.7. The molecule has 108 valence electrons. The van der Waals surface area contributed by atoms with E-state index in [1.807, 2.05) is 19.2 Å². The minimum atomic E-state index is 0.613. The predicted molar refractivity (Wildman–Crippen MR) is 78.8 cm³/mol. The third-order valence-electron chi connectivity index (χ3n) is 2.80. The molecule has 1 aromatic carbocycles. The van der Waals surface area contributed by atoms with Crippen molar-refractivity contribution in [2.24, 2.45) is 7.05 Å². The minimum absolute atomic E-state index is 0.613. The summed E-state index contributed by atoms with van der Waals surface area (Å²) in [5, 5.41) is 7.51. The number of ether oxygens (including phenoxy) is 2. The lowest BCUT2D eigenvalue weighted by Gasteiger charge is -2.12. The van der Waals surface area contributed by atoms with Crippen molar-refractivity contribution in [2.75, 3.05) is 14.2 Å². The largest absolute Gasteiger partial charge is 0.493 e. The Morgan fingerprint density at radius 2 is 1.90 bits per heavy atom. The molecular weight excluding hydrogens is 324 g/mol. The maximum atomic E-state index is 5.30. The molecule has 0 atom stereocenters. The molecule has 0 amide bonds. The van der Waals surface area contributed by atoms with Crippen molar-refractivity contribution in [2.45, 2.75) is 13.1 Å². The maximum Gasteiger partial charge on any atom is 0.164 e. The summed E-state index contributed by atoms with van der Waals surface area (Å²) in [5.41, 5.74) is 1.08. The Bertz CT molecular complexity index is 586. The molecule has 1 heterocycles. The molecule has 0 saturated heterocycles. The molecule has 0 bridgehead atoms. The number of benzene rings is 1. The Hall–Kier alpha value is -1.60. The summed E-state index contributed by atoms with van der Waals surface area (Å²) in [6.45, 7) is 1.29. The van der Waals surface area contributed by atoms with Gasteiger partial charge in [-0.1, -0.05) is 15.9 Å². The van der Waals surface area contributed by atoms with E-state index in [2.05, 4.69) is 31.3 Å². The summed E-state index contributed by atoms with van der Waals surface area (Å²) < 4.78 is 13.2. The van der Waals surface area contributed by atoms with Crippen molar-refractivity contribution in [3.63, 3.8) is 0 Å². The van der Waals surface area contributed by atoms with Crippen LogP contribution in [0.1, 0.15) is 11.4 Å². The van der Waals surface area contributed by atoms with Gasteiger partial charge in [0, 0.05) is 18.1 Å². The molecule has 0 radical (unpaired) electrons. The van der Waals surface area contributed by atoms with Gasteiger partial charge in [0.05, 0.1) is 20.8 Å². The number of nitrogens with one attached hydrogen (secondary N) is 1. The van der Waals surface area contributed by atoms with E-state index in [0.717, 1.165) is 15.9 Å². The molecule has 2 aromatic rings. The third-order valence-corrected chi connectivity index (χ3v) is 3.54. The van der Waals surface area contributed by atoms with E-state index in [-0.39, 0.29) is 0 Å². The summed E-state index contributed by atoms with van der Waals surface area (Å²) >= 11 is 3.53. The van der Waals surface area contributed by atoms with Crippen molar-refractivity contribution in [3.05, 3.63) is 34.3 Å². The van der Waals surface area contributed by atoms with Crippen LogP contribution in [0.2, 0.25) is 0 Å². The summed E-state index contributed by atoms with van der Waals surface area (Å²) in [4.78, 5) is 4.16. The predicted octanol–water partition coefficient (Wildman–Crippen LogP) is 1.88. The van der Waals surface area contributed by atoms with Gasteiger partial charge in [0.2, 0.25) is 0 Å². The zero-order valence-corrected chi connectivity index (χ0v) is 13.3. The number of aryl methyl sites for hydroxylation is 1. The van der Waals surface area contributed by atoms with E-state index in [0.29, 0.717) is 24.6 Å². The van der Waals surface area contributed by atoms with Crippen molar-refractivity contribution in [3.8, 4) is 11.5 Å². The van der Waals surface area contributed by atoms with Crippen LogP contribution in [-0.4, -0.2) is 29.0 Å². The number of halogens is 1. The molecule has 0 saturated carbocycles.